The molecular weight excluding hydrogens is 334 g/mol. The Labute approximate surface area is 153 Å². The molecular formula is C19H25N3O4. The van der Waals surface area contributed by atoms with Crippen molar-refractivity contribution in [3.05, 3.63) is 41.1 Å². The second kappa shape index (κ2) is 8.23. The Bertz CT molecular complexity index is 693. The number of carbonyl (C=O) groups excluding carboxylic acids is 2. The molecule has 140 valence electrons. The van der Waals surface area contributed by atoms with Gasteiger partial charge in [0.05, 0.1) is 25.3 Å². The average Bonchev–Trinajstić information content (AvgIpc) is 3.14. The average molecular weight is 359 g/mol. The number of likely N-dealkylation sites (tertiary alicyclic amines) is 1. The number of ether oxygens (including phenoxy) is 2. The zero-order valence-corrected chi connectivity index (χ0v) is 15.2. The molecule has 1 atom stereocenters. The van der Waals surface area contributed by atoms with E-state index in [0.717, 1.165) is 37.2 Å². The van der Waals surface area contributed by atoms with Crippen LogP contribution in [0.3, 0.4) is 0 Å². The standard InChI is InChI=1S/C19H25N3O4/c1-3-26-14-8-6-13(7-9-14)17-16(18(23)25-2)15(20-19(24)21-17)12-22-10-4-5-11-22/h6-9,17H,3-5,10-12H2,1-2H3,(H2,20,21,24)/t17-/m1/s1. The van der Waals surface area contributed by atoms with Crippen LogP contribution in [0.2, 0.25) is 0 Å². The van der Waals surface area contributed by atoms with E-state index in [4.69, 9.17) is 9.47 Å². The van der Waals surface area contributed by atoms with E-state index in [2.05, 4.69) is 15.5 Å². The molecule has 0 saturated carbocycles. The van der Waals surface area contributed by atoms with Crippen molar-refractivity contribution in [1.82, 2.24) is 15.5 Å². The number of nitrogens with zero attached hydrogens (tertiary/aromatic N) is 1. The van der Waals surface area contributed by atoms with Crippen LogP contribution in [0.5, 0.6) is 5.75 Å². The van der Waals surface area contributed by atoms with Crippen LogP contribution in [-0.2, 0) is 9.53 Å². The van der Waals surface area contributed by atoms with Gasteiger partial charge in [0, 0.05) is 12.2 Å². The number of rotatable bonds is 6. The lowest BCUT2D eigenvalue weighted by Gasteiger charge is -2.31. The fourth-order valence-corrected chi connectivity index (χ4v) is 3.43. The van der Waals surface area contributed by atoms with Crippen molar-refractivity contribution in [2.24, 2.45) is 0 Å². The first-order chi connectivity index (χ1) is 12.6. The Kier molecular flexibility index (Phi) is 5.78. The number of amides is 2. The molecule has 0 aliphatic carbocycles. The normalized spacial score (nSPS) is 20.5. The second-order valence-electron chi connectivity index (χ2n) is 6.40. The predicted octanol–water partition coefficient (Wildman–Crippen LogP) is 1.96. The minimum atomic E-state index is -0.551. The first-order valence-electron chi connectivity index (χ1n) is 8.96. The molecule has 2 aliphatic heterocycles. The highest BCUT2D eigenvalue weighted by Crippen LogP contribution is 2.29. The molecule has 2 amide bonds. The fraction of sp³-hybridized carbons (Fsp3) is 0.474. The molecule has 26 heavy (non-hydrogen) atoms. The summed E-state index contributed by atoms with van der Waals surface area (Å²) in [7, 11) is 1.36. The van der Waals surface area contributed by atoms with Crippen LogP contribution in [0, 0.1) is 0 Å². The third-order valence-electron chi connectivity index (χ3n) is 4.66. The summed E-state index contributed by atoms with van der Waals surface area (Å²) in [5.41, 5.74) is 1.87. The monoisotopic (exact) mass is 359 g/mol. The SMILES string of the molecule is CCOc1ccc([C@H]2NC(=O)NC(CN3CCCC3)=C2C(=O)OC)cc1. The van der Waals surface area contributed by atoms with Gasteiger partial charge in [0.25, 0.3) is 0 Å². The maximum Gasteiger partial charge on any atom is 0.338 e. The van der Waals surface area contributed by atoms with Crippen molar-refractivity contribution >= 4 is 12.0 Å². The summed E-state index contributed by atoms with van der Waals surface area (Å²) >= 11 is 0. The maximum atomic E-state index is 12.5. The van der Waals surface area contributed by atoms with Crippen molar-refractivity contribution in [3.8, 4) is 5.75 Å². The number of esters is 1. The molecule has 3 rings (SSSR count). The van der Waals surface area contributed by atoms with E-state index in [1.807, 2.05) is 31.2 Å². The zero-order valence-electron chi connectivity index (χ0n) is 15.2. The summed E-state index contributed by atoms with van der Waals surface area (Å²) in [6, 6.07) is 6.52. The van der Waals surface area contributed by atoms with Gasteiger partial charge in [0.2, 0.25) is 0 Å². The van der Waals surface area contributed by atoms with Gasteiger partial charge in [-0.25, -0.2) is 9.59 Å². The van der Waals surface area contributed by atoms with Crippen molar-refractivity contribution < 1.29 is 19.1 Å². The second-order valence-corrected chi connectivity index (χ2v) is 6.40. The quantitative estimate of drug-likeness (QED) is 0.759. The van der Waals surface area contributed by atoms with Gasteiger partial charge in [-0.05, 0) is 50.6 Å². The lowest BCUT2D eigenvalue weighted by molar-refractivity contribution is -0.136. The summed E-state index contributed by atoms with van der Waals surface area (Å²) in [6.07, 6.45) is 2.27. The first kappa shape index (κ1) is 18.3. The van der Waals surface area contributed by atoms with Crippen LogP contribution in [-0.4, -0.2) is 50.3 Å². The summed E-state index contributed by atoms with van der Waals surface area (Å²) in [4.78, 5) is 26.9. The minimum Gasteiger partial charge on any atom is -0.494 e. The molecule has 2 aliphatic rings. The molecule has 0 bridgehead atoms. The van der Waals surface area contributed by atoms with E-state index in [0.29, 0.717) is 24.4 Å². The number of benzene rings is 1. The van der Waals surface area contributed by atoms with E-state index >= 15 is 0 Å². The van der Waals surface area contributed by atoms with E-state index in [1.54, 1.807) is 0 Å². The number of hydrogen-bond donors (Lipinski definition) is 2. The van der Waals surface area contributed by atoms with Gasteiger partial charge in [-0.2, -0.15) is 0 Å². The van der Waals surface area contributed by atoms with E-state index in [-0.39, 0.29) is 6.03 Å². The number of nitrogens with one attached hydrogen (secondary N) is 2. The van der Waals surface area contributed by atoms with Gasteiger partial charge >= 0.3 is 12.0 Å². The van der Waals surface area contributed by atoms with Gasteiger partial charge in [0.15, 0.2) is 0 Å². The molecule has 7 nitrogen and oxygen atoms in total. The first-order valence-corrected chi connectivity index (χ1v) is 8.96. The number of hydrogen-bond acceptors (Lipinski definition) is 5. The van der Waals surface area contributed by atoms with Crippen LogP contribution in [0.25, 0.3) is 0 Å². The van der Waals surface area contributed by atoms with Crippen LogP contribution < -0.4 is 15.4 Å². The van der Waals surface area contributed by atoms with E-state index in [1.165, 1.54) is 7.11 Å². The number of carbonyl (C=O) groups is 2. The highest BCUT2D eigenvalue weighted by molar-refractivity contribution is 5.95. The van der Waals surface area contributed by atoms with Crippen LogP contribution in [0.4, 0.5) is 4.79 Å². The summed E-state index contributed by atoms with van der Waals surface area (Å²) in [5, 5.41) is 5.64. The van der Waals surface area contributed by atoms with Crippen LogP contribution >= 0.6 is 0 Å². The van der Waals surface area contributed by atoms with Crippen molar-refractivity contribution in [3.63, 3.8) is 0 Å². The fourth-order valence-electron chi connectivity index (χ4n) is 3.43. The summed E-state index contributed by atoms with van der Waals surface area (Å²) in [5.74, 6) is 0.308. The molecule has 1 aromatic rings. The molecule has 0 radical (unpaired) electrons. The Morgan fingerprint density at radius 1 is 1.23 bits per heavy atom. The lowest BCUT2D eigenvalue weighted by atomic mass is 9.95. The third-order valence-corrected chi connectivity index (χ3v) is 4.66. The molecule has 0 spiro atoms. The molecule has 2 N–H and O–H groups in total. The van der Waals surface area contributed by atoms with E-state index in [9.17, 15) is 9.59 Å². The van der Waals surface area contributed by atoms with Crippen LogP contribution in [0.1, 0.15) is 31.4 Å². The highest BCUT2D eigenvalue weighted by atomic mass is 16.5. The minimum absolute atomic E-state index is 0.314. The zero-order chi connectivity index (χ0) is 18.5. The van der Waals surface area contributed by atoms with Crippen LogP contribution in [0.15, 0.2) is 35.5 Å². The van der Waals surface area contributed by atoms with Gasteiger partial charge in [-0.15, -0.1) is 0 Å². The molecule has 0 aromatic heterocycles. The Morgan fingerprint density at radius 3 is 2.54 bits per heavy atom. The molecule has 1 fully saturated rings. The maximum absolute atomic E-state index is 12.5. The number of methoxy groups -OCH3 is 1. The van der Waals surface area contributed by atoms with Gasteiger partial charge < -0.3 is 20.1 Å². The summed E-state index contributed by atoms with van der Waals surface area (Å²) < 4.78 is 10.5. The third kappa shape index (κ3) is 3.99. The molecule has 1 aromatic carbocycles. The Balaban J connectivity index is 1.94. The van der Waals surface area contributed by atoms with Crippen molar-refractivity contribution in [2.45, 2.75) is 25.8 Å². The largest absolute Gasteiger partial charge is 0.494 e. The lowest BCUT2D eigenvalue weighted by Crippen LogP contribution is -2.48. The molecule has 1 saturated heterocycles. The predicted molar refractivity (Wildman–Crippen MR) is 96.7 cm³/mol. The smallest absolute Gasteiger partial charge is 0.338 e. The van der Waals surface area contributed by atoms with Gasteiger partial charge in [0.1, 0.15) is 5.75 Å². The highest BCUT2D eigenvalue weighted by Gasteiger charge is 2.34. The van der Waals surface area contributed by atoms with Crippen molar-refractivity contribution in [2.75, 3.05) is 33.4 Å². The Hall–Kier alpha value is -2.54. The van der Waals surface area contributed by atoms with E-state index < -0.39 is 12.0 Å². The molecule has 2 heterocycles. The summed E-state index contributed by atoms with van der Waals surface area (Å²) in [6.45, 7) is 4.97. The van der Waals surface area contributed by atoms with Gasteiger partial charge in [-0.3, -0.25) is 4.90 Å². The van der Waals surface area contributed by atoms with Gasteiger partial charge in [-0.1, -0.05) is 12.1 Å². The topological polar surface area (TPSA) is 79.9 Å². The Morgan fingerprint density at radius 2 is 1.92 bits per heavy atom. The molecule has 7 heteroatoms. The van der Waals surface area contributed by atoms with Crippen molar-refractivity contribution in [1.29, 1.82) is 0 Å². The molecule has 0 unspecified atom stereocenters. The number of urea groups is 1.